The molecule has 1 aliphatic rings. The third-order valence-electron chi connectivity index (χ3n) is 3.99. The molecule has 1 N–H and O–H groups in total. The van der Waals surface area contributed by atoms with Crippen LogP contribution in [0.3, 0.4) is 0 Å². The van der Waals surface area contributed by atoms with Gasteiger partial charge in [0.05, 0.1) is 0 Å². The van der Waals surface area contributed by atoms with Crippen LogP contribution in [0.15, 0.2) is 18.2 Å². The normalized spacial score (nSPS) is 21.7. The molecule has 1 atom stereocenters. The Hall–Kier alpha value is -1.84. The number of carbonyl (C=O) groups is 2. The monoisotopic (exact) mass is 288 g/mol. The molecule has 0 radical (unpaired) electrons. The van der Waals surface area contributed by atoms with Crippen molar-refractivity contribution in [2.24, 2.45) is 5.92 Å². The molecule has 1 heterocycles. The summed E-state index contributed by atoms with van der Waals surface area (Å²) in [6, 6.07) is 5.53. The quantitative estimate of drug-likeness (QED) is 0.909. The van der Waals surface area contributed by atoms with E-state index in [1.54, 1.807) is 18.7 Å². The van der Waals surface area contributed by atoms with Crippen molar-refractivity contribution in [1.82, 2.24) is 5.32 Å². The smallest absolute Gasteiger partial charge is 0.252 e. The van der Waals surface area contributed by atoms with Gasteiger partial charge in [0.25, 0.3) is 5.91 Å². The maximum absolute atomic E-state index is 12.9. The van der Waals surface area contributed by atoms with E-state index in [0.717, 1.165) is 16.8 Å². The van der Waals surface area contributed by atoms with E-state index < -0.39 is 11.6 Å². The predicted octanol–water partition coefficient (Wildman–Crippen LogP) is 2.57. The number of carbonyl (C=O) groups excluding carboxylic acids is 2. The van der Waals surface area contributed by atoms with E-state index in [4.69, 9.17) is 0 Å². The molecule has 0 saturated carbocycles. The molecule has 4 heteroatoms. The maximum atomic E-state index is 12.9. The van der Waals surface area contributed by atoms with Gasteiger partial charge >= 0.3 is 0 Å². The SMILES string of the molecule is Cc1ccc(C)c(N2C(=O)C(C)(C)NC(=O)C2C(C)C)c1. The first-order chi connectivity index (χ1) is 9.65. The summed E-state index contributed by atoms with van der Waals surface area (Å²) in [6.45, 7) is 11.4. The standard InChI is InChI=1S/C17H24N2O2/c1-10(2)14-15(20)18-17(5,6)16(21)19(14)13-9-11(3)7-8-12(13)4/h7-10,14H,1-6H3,(H,18,20). The third-order valence-corrected chi connectivity index (χ3v) is 3.99. The van der Waals surface area contributed by atoms with Crippen LogP contribution in [0.2, 0.25) is 0 Å². The first kappa shape index (κ1) is 15.5. The van der Waals surface area contributed by atoms with Gasteiger partial charge < -0.3 is 5.32 Å². The summed E-state index contributed by atoms with van der Waals surface area (Å²) < 4.78 is 0. The Balaban J connectivity index is 2.61. The lowest BCUT2D eigenvalue weighted by Gasteiger charge is -2.44. The summed E-state index contributed by atoms with van der Waals surface area (Å²) in [7, 11) is 0. The Morgan fingerprint density at radius 2 is 1.81 bits per heavy atom. The highest BCUT2D eigenvalue weighted by atomic mass is 16.2. The zero-order chi connectivity index (χ0) is 15.9. The molecule has 114 valence electrons. The number of amides is 2. The molecule has 1 fully saturated rings. The van der Waals surface area contributed by atoms with Gasteiger partial charge in [0.2, 0.25) is 5.91 Å². The first-order valence-corrected chi connectivity index (χ1v) is 7.38. The molecule has 0 aromatic heterocycles. The highest BCUT2D eigenvalue weighted by Gasteiger charge is 2.47. The molecule has 0 spiro atoms. The Kier molecular flexibility index (Phi) is 3.83. The minimum atomic E-state index is -0.876. The third kappa shape index (κ3) is 2.67. The molecule has 21 heavy (non-hydrogen) atoms. The molecule has 1 saturated heterocycles. The zero-order valence-corrected chi connectivity index (χ0v) is 13.7. The number of rotatable bonds is 2. The predicted molar refractivity (Wildman–Crippen MR) is 84.2 cm³/mol. The van der Waals surface area contributed by atoms with Crippen molar-refractivity contribution in [3.05, 3.63) is 29.3 Å². The molecule has 1 aromatic rings. The summed E-state index contributed by atoms with van der Waals surface area (Å²) in [5.74, 6) is -0.102. The second-order valence-corrected chi connectivity index (χ2v) is 6.77. The largest absolute Gasteiger partial charge is 0.340 e. The number of hydrogen-bond acceptors (Lipinski definition) is 2. The van der Waals surface area contributed by atoms with Crippen LogP contribution < -0.4 is 10.2 Å². The van der Waals surface area contributed by atoms with Gasteiger partial charge in [-0.3, -0.25) is 14.5 Å². The summed E-state index contributed by atoms with van der Waals surface area (Å²) >= 11 is 0. The molecule has 0 bridgehead atoms. The van der Waals surface area contributed by atoms with Gasteiger partial charge in [-0.2, -0.15) is 0 Å². The fraction of sp³-hybridized carbons (Fsp3) is 0.529. The molecule has 2 amide bonds. The van der Waals surface area contributed by atoms with Gasteiger partial charge in [-0.1, -0.05) is 26.0 Å². The number of anilines is 1. The number of hydrogen-bond donors (Lipinski definition) is 1. The van der Waals surface area contributed by atoms with E-state index in [9.17, 15) is 9.59 Å². The lowest BCUT2D eigenvalue weighted by Crippen LogP contribution is -2.69. The van der Waals surface area contributed by atoms with E-state index in [0.29, 0.717) is 0 Å². The number of aryl methyl sites for hydroxylation is 2. The lowest BCUT2D eigenvalue weighted by molar-refractivity contribution is -0.138. The number of nitrogens with one attached hydrogen (secondary N) is 1. The Morgan fingerprint density at radius 1 is 1.19 bits per heavy atom. The van der Waals surface area contributed by atoms with Crippen LogP contribution in [0.25, 0.3) is 0 Å². The fourth-order valence-corrected chi connectivity index (χ4v) is 2.82. The Labute approximate surface area is 126 Å². The van der Waals surface area contributed by atoms with E-state index in [2.05, 4.69) is 5.32 Å². The highest BCUT2D eigenvalue weighted by Crippen LogP contribution is 2.31. The molecule has 0 aliphatic carbocycles. The van der Waals surface area contributed by atoms with Gasteiger partial charge in [-0.05, 0) is 50.8 Å². The molecular formula is C17H24N2O2. The van der Waals surface area contributed by atoms with Crippen LogP contribution >= 0.6 is 0 Å². The van der Waals surface area contributed by atoms with Crippen LogP contribution in [0, 0.1) is 19.8 Å². The van der Waals surface area contributed by atoms with Gasteiger partial charge in [-0.15, -0.1) is 0 Å². The average molecular weight is 288 g/mol. The minimum Gasteiger partial charge on any atom is -0.340 e. The number of nitrogens with zero attached hydrogens (tertiary/aromatic N) is 1. The Morgan fingerprint density at radius 3 is 2.38 bits per heavy atom. The van der Waals surface area contributed by atoms with Crippen LogP contribution in [-0.4, -0.2) is 23.4 Å². The van der Waals surface area contributed by atoms with Crippen molar-refractivity contribution in [3.8, 4) is 0 Å². The fourth-order valence-electron chi connectivity index (χ4n) is 2.82. The van der Waals surface area contributed by atoms with Crippen molar-refractivity contribution in [2.75, 3.05) is 4.90 Å². The minimum absolute atomic E-state index is 0.0463. The topological polar surface area (TPSA) is 49.4 Å². The van der Waals surface area contributed by atoms with Crippen LogP contribution in [-0.2, 0) is 9.59 Å². The van der Waals surface area contributed by atoms with Gasteiger partial charge in [-0.25, -0.2) is 0 Å². The number of benzene rings is 1. The molecule has 1 unspecified atom stereocenters. The van der Waals surface area contributed by atoms with Crippen molar-refractivity contribution in [1.29, 1.82) is 0 Å². The summed E-state index contributed by atoms with van der Waals surface area (Å²) in [5.41, 5.74) is 2.04. The van der Waals surface area contributed by atoms with Gasteiger partial charge in [0.15, 0.2) is 0 Å². The molecule has 2 rings (SSSR count). The van der Waals surface area contributed by atoms with Gasteiger partial charge in [0, 0.05) is 5.69 Å². The second-order valence-electron chi connectivity index (χ2n) is 6.77. The van der Waals surface area contributed by atoms with E-state index >= 15 is 0 Å². The molecule has 1 aromatic carbocycles. The summed E-state index contributed by atoms with van der Waals surface area (Å²) in [4.78, 5) is 27.0. The van der Waals surface area contributed by atoms with Crippen molar-refractivity contribution < 1.29 is 9.59 Å². The van der Waals surface area contributed by atoms with Gasteiger partial charge in [0.1, 0.15) is 11.6 Å². The van der Waals surface area contributed by atoms with Crippen LogP contribution in [0.5, 0.6) is 0 Å². The molecular weight excluding hydrogens is 264 g/mol. The van der Waals surface area contributed by atoms with E-state index in [1.165, 1.54) is 0 Å². The number of piperazine rings is 1. The van der Waals surface area contributed by atoms with Crippen LogP contribution in [0.1, 0.15) is 38.8 Å². The Bertz CT molecular complexity index is 590. The van der Waals surface area contributed by atoms with E-state index in [-0.39, 0.29) is 17.7 Å². The summed E-state index contributed by atoms with van der Waals surface area (Å²) in [5, 5.41) is 2.84. The molecule has 4 nitrogen and oxygen atoms in total. The van der Waals surface area contributed by atoms with Crippen molar-refractivity contribution >= 4 is 17.5 Å². The van der Waals surface area contributed by atoms with Crippen LogP contribution in [0.4, 0.5) is 5.69 Å². The maximum Gasteiger partial charge on any atom is 0.252 e. The average Bonchev–Trinajstić information content (AvgIpc) is 2.35. The summed E-state index contributed by atoms with van der Waals surface area (Å²) in [6.07, 6.45) is 0. The van der Waals surface area contributed by atoms with Crippen molar-refractivity contribution in [2.45, 2.75) is 53.1 Å². The second kappa shape index (κ2) is 5.17. The highest BCUT2D eigenvalue weighted by molar-refractivity contribution is 6.10. The molecule has 1 aliphatic heterocycles. The van der Waals surface area contributed by atoms with E-state index in [1.807, 2.05) is 45.9 Å². The van der Waals surface area contributed by atoms with Crippen molar-refractivity contribution in [3.63, 3.8) is 0 Å². The lowest BCUT2D eigenvalue weighted by atomic mass is 9.90. The first-order valence-electron chi connectivity index (χ1n) is 7.38. The zero-order valence-electron chi connectivity index (χ0n) is 13.7.